The van der Waals surface area contributed by atoms with Crippen LogP contribution in [0.4, 0.5) is 5.69 Å². The number of aliphatic imine (C=N–C) groups is 1. The third kappa shape index (κ3) is 6.01. The van der Waals surface area contributed by atoms with Crippen LogP contribution in [0.1, 0.15) is 53.4 Å². The molecule has 0 aliphatic carbocycles. The molecule has 0 saturated heterocycles. The van der Waals surface area contributed by atoms with Crippen LogP contribution in [0.5, 0.6) is 0 Å². The predicted molar refractivity (Wildman–Crippen MR) is 128 cm³/mol. The summed E-state index contributed by atoms with van der Waals surface area (Å²) in [5.74, 6) is 0.210. The van der Waals surface area contributed by atoms with Gasteiger partial charge in [-0.25, -0.2) is 4.99 Å². The second-order valence-corrected chi connectivity index (χ2v) is 8.67. The first-order valence-electron chi connectivity index (χ1n) is 10.4. The number of carbonyl (C=O) groups is 1. The molecule has 0 fully saturated rings. The number of pyridine rings is 1. The van der Waals surface area contributed by atoms with Gasteiger partial charge in [0.25, 0.3) is 5.91 Å². The van der Waals surface area contributed by atoms with Crippen LogP contribution in [0.15, 0.2) is 72.0 Å². The Balaban J connectivity index is 1.83. The number of benzene rings is 2. The standard InChI is InChI=1S/C26H30N4O/c1-18-7-6-8-23(19(18)2)29-25(28-17-20-13-15-27-16-14-20)30-24(31)21-9-11-22(12-10-21)26(3,4)5/h6-16H,17H2,1-5H3,(H2,28,29,30,31). The molecule has 0 spiro atoms. The second-order valence-electron chi connectivity index (χ2n) is 8.67. The number of amides is 1. The molecule has 0 radical (unpaired) electrons. The number of hydrogen-bond donors (Lipinski definition) is 2. The Labute approximate surface area is 184 Å². The minimum atomic E-state index is -0.202. The SMILES string of the molecule is Cc1cccc(NC(=NCc2ccncc2)NC(=O)c2ccc(C(C)(C)C)cc2)c1C. The number of rotatable bonds is 4. The van der Waals surface area contributed by atoms with Crippen LogP contribution in [0.3, 0.4) is 0 Å². The number of nitrogens with zero attached hydrogens (tertiary/aromatic N) is 2. The smallest absolute Gasteiger partial charge is 0.257 e. The van der Waals surface area contributed by atoms with Crippen molar-refractivity contribution in [1.29, 1.82) is 0 Å². The van der Waals surface area contributed by atoms with Crippen LogP contribution in [-0.4, -0.2) is 16.9 Å². The van der Waals surface area contributed by atoms with Gasteiger partial charge in [0, 0.05) is 23.6 Å². The fraction of sp³-hybridized carbons (Fsp3) is 0.269. The maximum Gasteiger partial charge on any atom is 0.257 e. The number of carbonyl (C=O) groups excluding carboxylic acids is 1. The molecule has 5 heteroatoms. The van der Waals surface area contributed by atoms with Crippen molar-refractivity contribution in [2.24, 2.45) is 4.99 Å². The Morgan fingerprint density at radius 3 is 2.29 bits per heavy atom. The molecule has 0 atom stereocenters. The first kappa shape index (κ1) is 22.2. The van der Waals surface area contributed by atoms with Gasteiger partial charge in [0.1, 0.15) is 0 Å². The summed E-state index contributed by atoms with van der Waals surface area (Å²) < 4.78 is 0. The van der Waals surface area contributed by atoms with Crippen LogP contribution < -0.4 is 10.6 Å². The van der Waals surface area contributed by atoms with Gasteiger partial charge < -0.3 is 5.32 Å². The van der Waals surface area contributed by atoms with E-state index < -0.39 is 0 Å². The molecule has 3 rings (SSSR count). The van der Waals surface area contributed by atoms with Gasteiger partial charge in [0.15, 0.2) is 0 Å². The van der Waals surface area contributed by atoms with Gasteiger partial charge >= 0.3 is 0 Å². The van der Waals surface area contributed by atoms with Crippen molar-refractivity contribution in [3.8, 4) is 0 Å². The Morgan fingerprint density at radius 1 is 0.968 bits per heavy atom. The van der Waals surface area contributed by atoms with Crippen LogP contribution in [-0.2, 0) is 12.0 Å². The van der Waals surface area contributed by atoms with Gasteiger partial charge in [-0.1, -0.05) is 45.0 Å². The van der Waals surface area contributed by atoms with E-state index in [4.69, 9.17) is 0 Å². The highest BCUT2D eigenvalue weighted by Crippen LogP contribution is 2.22. The lowest BCUT2D eigenvalue weighted by atomic mass is 9.87. The summed E-state index contributed by atoms with van der Waals surface area (Å²) in [5.41, 5.74) is 6.02. The second kappa shape index (κ2) is 9.56. The number of aromatic nitrogens is 1. The number of guanidine groups is 1. The highest BCUT2D eigenvalue weighted by molar-refractivity contribution is 6.10. The normalized spacial score (nSPS) is 11.8. The van der Waals surface area contributed by atoms with Gasteiger partial charge in [0.05, 0.1) is 6.54 Å². The van der Waals surface area contributed by atoms with Gasteiger partial charge in [-0.3, -0.25) is 15.1 Å². The largest absolute Gasteiger partial charge is 0.326 e. The van der Waals surface area contributed by atoms with E-state index in [0.717, 1.165) is 16.8 Å². The summed E-state index contributed by atoms with van der Waals surface area (Å²) in [6.45, 7) is 11.0. The van der Waals surface area contributed by atoms with Crippen LogP contribution >= 0.6 is 0 Å². The van der Waals surface area contributed by atoms with Crippen LogP contribution in [0.25, 0.3) is 0 Å². The van der Waals surface area contributed by atoms with E-state index in [9.17, 15) is 4.79 Å². The highest BCUT2D eigenvalue weighted by Gasteiger charge is 2.15. The van der Waals surface area contributed by atoms with Gasteiger partial charge in [-0.2, -0.15) is 0 Å². The highest BCUT2D eigenvalue weighted by atomic mass is 16.1. The zero-order valence-corrected chi connectivity index (χ0v) is 18.9. The lowest BCUT2D eigenvalue weighted by Gasteiger charge is -2.19. The molecule has 0 bridgehead atoms. The average Bonchev–Trinajstić information content (AvgIpc) is 2.75. The van der Waals surface area contributed by atoms with Crippen molar-refractivity contribution >= 4 is 17.6 Å². The van der Waals surface area contributed by atoms with E-state index in [1.807, 2.05) is 55.5 Å². The van der Waals surface area contributed by atoms with Crippen molar-refractivity contribution in [3.05, 3.63) is 94.8 Å². The lowest BCUT2D eigenvalue weighted by Crippen LogP contribution is -2.36. The number of nitrogens with one attached hydrogen (secondary N) is 2. The van der Waals surface area contributed by atoms with Crippen LogP contribution in [0, 0.1) is 13.8 Å². The van der Waals surface area contributed by atoms with E-state index >= 15 is 0 Å². The van der Waals surface area contributed by atoms with E-state index in [1.54, 1.807) is 12.4 Å². The molecule has 0 saturated carbocycles. The van der Waals surface area contributed by atoms with Crippen molar-refractivity contribution in [3.63, 3.8) is 0 Å². The minimum Gasteiger partial charge on any atom is -0.326 e. The first-order chi connectivity index (χ1) is 14.7. The zero-order valence-electron chi connectivity index (χ0n) is 18.9. The Hall–Kier alpha value is -3.47. The van der Waals surface area contributed by atoms with E-state index in [2.05, 4.69) is 54.4 Å². The van der Waals surface area contributed by atoms with Gasteiger partial charge in [-0.05, 0) is 71.8 Å². The Morgan fingerprint density at radius 2 is 1.65 bits per heavy atom. The summed E-state index contributed by atoms with van der Waals surface area (Å²) in [6.07, 6.45) is 3.47. The summed E-state index contributed by atoms with van der Waals surface area (Å²) in [7, 11) is 0. The average molecular weight is 415 g/mol. The molecule has 5 nitrogen and oxygen atoms in total. The maximum atomic E-state index is 12.9. The summed E-state index contributed by atoms with van der Waals surface area (Å²) in [4.78, 5) is 21.6. The van der Waals surface area contributed by atoms with E-state index in [-0.39, 0.29) is 11.3 Å². The molecular weight excluding hydrogens is 384 g/mol. The topological polar surface area (TPSA) is 66.4 Å². The number of anilines is 1. The molecule has 0 unspecified atom stereocenters. The van der Waals surface area contributed by atoms with E-state index in [0.29, 0.717) is 18.1 Å². The fourth-order valence-corrected chi connectivity index (χ4v) is 3.08. The van der Waals surface area contributed by atoms with Crippen molar-refractivity contribution < 1.29 is 4.79 Å². The maximum absolute atomic E-state index is 12.9. The van der Waals surface area contributed by atoms with Crippen molar-refractivity contribution in [2.75, 3.05) is 5.32 Å². The summed E-state index contributed by atoms with van der Waals surface area (Å²) in [5, 5.41) is 6.24. The summed E-state index contributed by atoms with van der Waals surface area (Å²) in [6, 6.07) is 17.6. The van der Waals surface area contributed by atoms with Gasteiger partial charge in [0.2, 0.25) is 5.96 Å². The Bertz CT molecular complexity index is 1060. The molecule has 2 aromatic carbocycles. The third-order valence-corrected chi connectivity index (χ3v) is 5.27. The molecule has 160 valence electrons. The molecular formula is C26H30N4O. The predicted octanol–water partition coefficient (Wildman–Crippen LogP) is 5.39. The number of aryl methyl sites for hydroxylation is 1. The van der Waals surface area contributed by atoms with Crippen molar-refractivity contribution in [1.82, 2.24) is 10.3 Å². The molecule has 0 aliphatic rings. The van der Waals surface area contributed by atoms with E-state index in [1.165, 1.54) is 11.1 Å². The van der Waals surface area contributed by atoms with Crippen LogP contribution in [0.2, 0.25) is 0 Å². The third-order valence-electron chi connectivity index (χ3n) is 5.27. The molecule has 2 N–H and O–H groups in total. The number of hydrogen-bond acceptors (Lipinski definition) is 3. The van der Waals surface area contributed by atoms with Crippen molar-refractivity contribution in [2.45, 2.75) is 46.6 Å². The lowest BCUT2D eigenvalue weighted by molar-refractivity contribution is 0.0977. The zero-order chi connectivity index (χ0) is 22.4. The monoisotopic (exact) mass is 414 g/mol. The Kier molecular flexibility index (Phi) is 6.85. The molecule has 0 aliphatic heterocycles. The fourth-order valence-electron chi connectivity index (χ4n) is 3.08. The summed E-state index contributed by atoms with van der Waals surface area (Å²) >= 11 is 0. The minimum absolute atomic E-state index is 0.0381. The quantitative estimate of drug-likeness (QED) is 0.444. The molecule has 31 heavy (non-hydrogen) atoms. The molecule has 1 aromatic heterocycles. The molecule has 1 heterocycles. The molecule has 1 amide bonds. The van der Waals surface area contributed by atoms with Gasteiger partial charge in [-0.15, -0.1) is 0 Å². The molecule has 3 aromatic rings. The first-order valence-corrected chi connectivity index (χ1v) is 10.4.